The molecule has 116 valence electrons. The lowest BCUT2D eigenvalue weighted by atomic mass is 9.99. The Morgan fingerprint density at radius 1 is 1.36 bits per heavy atom. The van der Waals surface area contributed by atoms with Crippen LogP contribution in [0.2, 0.25) is 5.02 Å². The average Bonchev–Trinajstić information content (AvgIpc) is 3.17. The van der Waals surface area contributed by atoms with Crippen LogP contribution in [0.4, 0.5) is 4.39 Å². The molecule has 0 aliphatic heterocycles. The Labute approximate surface area is 137 Å². The maximum atomic E-state index is 13.8. The Morgan fingerprint density at radius 2 is 2.14 bits per heavy atom. The second kappa shape index (κ2) is 6.84. The summed E-state index contributed by atoms with van der Waals surface area (Å²) in [6, 6.07) is 4.57. The third-order valence-electron chi connectivity index (χ3n) is 4.17. The molecule has 2 aromatic rings. The molecule has 1 aromatic carbocycles. The summed E-state index contributed by atoms with van der Waals surface area (Å²) in [7, 11) is 0. The number of hydrogen-bond acceptors (Lipinski definition) is 4. The summed E-state index contributed by atoms with van der Waals surface area (Å²) in [4.78, 5) is 13.1. The molecular weight excluding hydrogens is 323 g/mol. The number of aromatic nitrogens is 2. The first-order valence-electron chi connectivity index (χ1n) is 7.45. The molecule has 1 fully saturated rings. The Kier molecular flexibility index (Phi) is 4.84. The average molecular weight is 339 g/mol. The second-order valence-corrected chi connectivity index (χ2v) is 6.75. The summed E-state index contributed by atoms with van der Waals surface area (Å²) >= 11 is 7.15. The van der Waals surface area contributed by atoms with Gasteiger partial charge in [-0.2, -0.15) is 0 Å². The van der Waals surface area contributed by atoms with E-state index in [9.17, 15) is 9.18 Å². The Balaban J connectivity index is 1.71. The Hall–Kier alpha value is -1.33. The van der Waals surface area contributed by atoms with Gasteiger partial charge in [0.05, 0.1) is 5.69 Å². The third-order valence-corrected chi connectivity index (χ3v) is 5.31. The number of halogens is 2. The second-order valence-electron chi connectivity index (χ2n) is 5.59. The lowest BCUT2D eigenvalue weighted by Gasteiger charge is -2.08. The first-order valence-corrected chi connectivity index (χ1v) is 8.60. The molecule has 3 nitrogen and oxygen atoms in total. The van der Waals surface area contributed by atoms with Gasteiger partial charge in [-0.3, -0.25) is 4.79 Å². The van der Waals surface area contributed by atoms with Crippen molar-refractivity contribution in [1.29, 1.82) is 0 Å². The van der Waals surface area contributed by atoms with E-state index in [1.165, 1.54) is 18.9 Å². The number of nitrogens with zero attached hydrogens (tertiary/aromatic N) is 2. The molecule has 0 atom stereocenters. The van der Waals surface area contributed by atoms with Crippen molar-refractivity contribution in [1.82, 2.24) is 9.59 Å². The molecule has 0 saturated heterocycles. The van der Waals surface area contributed by atoms with Crippen molar-refractivity contribution in [2.45, 2.75) is 44.4 Å². The zero-order chi connectivity index (χ0) is 15.5. The van der Waals surface area contributed by atoms with Gasteiger partial charge in [0.1, 0.15) is 10.7 Å². The van der Waals surface area contributed by atoms with Crippen LogP contribution in [0.5, 0.6) is 0 Å². The minimum Gasteiger partial charge on any atom is -0.293 e. The summed E-state index contributed by atoms with van der Waals surface area (Å²) in [6.07, 6.45) is 5.04. The molecule has 0 amide bonds. The first-order chi connectivity index (χ1) is 10.7. The number of rotatable bonds is 5. The Bertz CT molecular complexity index is 662. The molecule has 1 aliphatic carbocycles. The van der Waals surface area contributed by atoms with E-state index in [0.29, 0.717) is 27.8 Å². The monoisotopic (exact) mass is 338 g/mol. The molecule has 1 heterocycles. The fourth-order valence-corrected chi connectivity index (χ4v) is 3.95. The largest absolute Gasteiger partial charge is 0.293 e. The van der Waals surface area contributed by atoms with Crippen LogP contribution in [-0.2, 0) is 6.42 Å². The molecular formula is C16H16ClFN2OS. The normalized spacial score (nSPS) is 15.4. The highest BCUT2D eigenvalue weighted by Crippen LogP contribution is 2.36. The van der Waals surface area contributed by atoms with Crippen molar-refractivity contribution in [2.75, 3.05) is 0 Å². The van der Waals surface area contributed by atoms with Gasteiger partial charge in [0.25, 0.3) is 0 Å². The van der Waals surface area contributed by atoms with Crippen LogP contribution < -0.4 is 0 Å². The SMILES string of the molecule is O=C(CCc1c(F)cccc1Cl)c1snnc1C1CCCC1. The molecule has 22 heavy (non-hydrogen) atoms. The summed E-state index contributed by atoms with van der Waals surface area (Å²) < 4.78 is 17.7. The summed E-state index contributed by atoms with van der Waals surface area (Å²) in [5, 5.41) is 4.52. The van der Waals surface area contributed by atoms with Gasteiger partial charge in [0.2, 0.25) is 0 Å². The van der Waals surface area contributed by atoms with Gasteiger partial charge in [-0.15, -0.1) is 5.10 Å². The van der Waals surface area contributed by atoms with Crippen LogP contribution in [0.3, 0.4) is 0 Å². The van der Waals surface area contributed by atoms with Crippen molar-refractivity contribution < 1.29 is 9.18 Å². The zero-order valence-electron chi connectivity index (χ0n) is 12.0. The smallest absolute Gasteiger partial charge is 0.176 e. The van der Waals surface area contributed by atoms with Crippen molar-refractivity contribution in [3.8, 4) is 0 Å². The minimum atomic E-state index is -0.362. The molecule has 1 aliphatic rings. The third kappa shape index (κ3) is 3.20. The van der Waals surface area contributed by atoms with Gasteiger partial charge in [0, 0.05) is 22.9 Å². The van der Waals surface area contributed by atoms with Crippen LogP contribution >= 0.6 is 23.1 Å². The highest BCUT2D eigenvalue weighted by Gasteiger charge is 2.26. The van der Waals surface area contributed by atoms with Crippen LogP contribution in [0.1, 0.15) is 59.0 Å². The van der Waals surface area contributed by atoms with Crippen LogP contribution in [0, 0.1) is 5.82 Å². The van der Waals surface area contributed by atoms with E-state index in [1.807, 2.05) is 0 Å². The molecule has 3 rings (SSSR count). The van der Waals surface area contributed by atoms with E-state index < -0.39 is 0 Å². The van der Waals surface area contributed by atoms with E-state index in [0.717, 1.165) is 30.1 Å². The number of carbonyl (C=O) groups excluding carboxylic acids is 1. The van der Waals surface area contributed by atoms with Gasteiger partial charge in [-0.25, -0.2) is 4.39 Å². The van der Waals surface area contributed by atoms with E-state index in [1.54, 1.807) is 12.1 Å². The minimum absolute atomic E-state index is 0.0174. The maximum absolute atomic E-state index is 13.8. The van der Waals surface area contributed by atoms with Crippen molar-refractivity contribution in [3.63, 3.8) is 0 Å². The summed E-state index contributed by atoms with van der Waals surface area (Å²) in [5.74, 6) is -0.0234. The van der Waals surface area contributed by atoms with E-state index in [2.05, 4.69) is 9.59 Å². The summed E-state index contributed by atoms with van der Waals surface area (Å²) in [6.45, 7) is 0. The van der Waals surface area contributed by atoms with E-state index in [4.69, 9.17) is 11.6 Å². The topological polar surface area (TPSA) is 42.9 Å². The van der Waals surface area contributed by atoms with Gasteiger partial charge in [0.15, 0.2) is 5.78 Å². The van der Waals surface area contributed by atoms with Crippen LogP contribution in [0.15, 0.2) is 18.2 Å². The highest BCUT2D eigenvalue weighted by molar-refractivity contribution is 7.08. The number of benzene rings is 1. The molecule has 0 radical (unpaired) electrons. The highest BCUT2D eigenvalue weighted by atomic mass is 35.5. The Morgan fingerprint density at radius 3 is 2.86 bits per heavy atom. The predicted molar refractivity (Wildman–Crippen MR) is 85.2 cm³/mol. The maximum Gasteiger partial charge on any atom is 0.176 e. The molecule has 0 unspecified atom stereocenters. The molecule has 0 bridgehead atoms. The quantitative estimate of drug-likeness (QED) is 0.735. The molecule has 0 N–H and O–H groups in total. The van der Waals surface area contributed by atoms with Gasteiger partial charge in [-0.1, -0.05) is 35.0 Å². The van der Waals surface area contributed by atoms with E-state index in [-0.39, 0.29) is 18.0 Å². The molecule has 6 heteroatoms. The lowest BCUT2D eigenvalue weighted by Crippen LogP contribution is -2.06. The number of hydrogen-bond donors (Lipinski definition) is 0. The number of Topliss-reactive ketones (excluding diaryl/α,β-unsaturated/α-hetero) is 1. The molecule has 1 aromatic heterocycles. The van der Waals surface area contributed by atoms with Crippen LogP contribution in [-0.4, -0.2) is 15.4 Å². The van der Waals surface area contributed by atoms with Crippen molar-refractivity contribution in [2.24, 2.45) is 0 Å². The summed E-state index contributed by atoms with van der Waals surface area (Å²) in [5.41, 5.74) is 1.24. The fraction of sp³-hybridized carbons (Fsp3) is 0.438. The number of ketones is 1. The molecule has 1 saturated carbocycles. The van der Waals surface area contributed by atoms with Crippen molar-refractivity contribution in [3.05, 3.63) is 45.2 Å². The lowest BCUT2D eigenvalue weighted by molar-refractivity contribution is 0.0985. The van der Waals surface area contributed by atoms with Crippen molar-refractivity contribution >= 4 is 28.9 Å². The predicted octanol–water partition coefficient (Wildman–Crippen LogP) is 4.80. The van der Waals surface area contributed by atoms with Gasteiger partial charge in [-0.05, 0) is 42.9 Å². The van der Waals surface area contributed by atoms with Crippen LogP contribution in [0.25, 0.3) is 0 Å². The van der Waals surface area contributed by atoms with Gasteiger partial charge < -0.3 is 0 Å². The van der Waals surface area contributed by atoms with E-state index >= 15 is 0 Å². The number of carbonyl (C=O) groups is 1. The zero-order valence-corrected chi connectivity index (χ0v) is 13.6. The fourth-order valence-electron chi connectivity index (χ4n) is 2.98. The van der Waals surface area contributed by atoms with Gasteiger partial charge >= 0.3 is 0 Å². The molecule has 0 spiro atoms. The standard InChI is InChI=1S/C16H16ClFN2OS/c17-12-6-3-7-13(18)11(12)8-9-14(21)16-15(19-20-22-16)10-4-1-2-5-10/h3,6-7,10H,1-2,4-5,8-9H2. The first kappa shape index (κ1) is 15.6.